The van der Waals surface area contributed by atoms with E-state index in [-0.39, 0.29) is 12.5 Å². The molecule has 0 atom stereocenters. The zero-order valence-corrected chi connectivity index (χ0v) is 5.96. The Morgan fingerprint density at radius 3 is 2.30 bits per heavy atom. The monoisotopic (exact) mass is 146 g/mol. The van der Waals surface area contributed by atoms with E-state index < -0.39 is 6.09 Å². The predicted octanol–water partition coefficient (Wildman–Crippen LogP) is -0.830. The number of nitrogens with zero attached hydrogens (tertiary/aromatic N) is 1. The summed E-state index contributed by atoms with van der Waals surface area (Å²) in [6, 6.07) is 0. The molecule has 0 aromatic carbocycles. The fourth-order valence-electron chi connectivity index (χ4n) is 0.262. The van der Waals surface area contributed by atoms with E-state index in [4.69, 9.17) is 0 Å². The molecule has 0 heterocycles. The second-order valence-corrected chi connectivity index (χ2v) is 1.90. The van der Waals surface area contributed by atoms with Crippen LogP contribution in [0, 0.1) is 0 Å². The molecule has 5 nitrogen and oxygen atoms in total. The molecule has 0 aromatic rings. The lowest BCUT2D eigenvalue weighted by Gasteiger charge is -2.08. The smallest absolute Gasteiger partial charge is 0.405 e. The van der Waals surface area contributed by atoms with E-state index in [2.05, 4.69) is 10.5 Å². The summed E-state index contributed by atoms with van der Waals surface area (Å²) < 4.78 is 4.21. The van der Waals surface area contributed by atoms with Crippen molar-refractivity contribution < 1.29 is 14.3 Å². The normalized spacial score (nSPS) is 8.60. The molecule has 0 unspecified atom stereocenters. The number of carbonyl (C=O) groups excluding carboxylic acids is 2. The van der Waals surface area contributed by atoms with Crippen molar-refractivity contribution in [3.8, 4) is 0 Å². The van der Waals surface area contributed by atoms with Crippen LogP contribution in [0.5, 0.6) is 0 Å². The summed E-state index contributed by atoms with van der Waals surface area (Å²) in [5.74, 6) is -0.293. The molecule has 0 aliphatic carbocycles. The first-order chi connectivity index (χ1) is 4.54. The van der Waals surface area contributed by atoms with Crippen LogP contribution in [0.15, 0.2) is 0 Å². The highest BCUT2D eigenvalue weighted by Crippen LogP contribution is 1.80. The highest BCUT2D eigenvalue weighted by atomic mass is 16.5. The molecule has 0 aliphatic heterocycles. The summed E-state index contributed by atoms with van der Waals surface area (Å²) >= 11 is 0. The lowest BCUT2D eigenvalue weighted by molar-refractivity contribution is -0.131. The van der Waals surface area contributed by atoms with Crippen molar-refractivity contribution in [1.29, 1.82) is 0 Å². The van der Waals surface area contributed by atoms with Crippen LogP contribution < -0.4 is 5.73 Å². The number of hydrogen-bond acceptors (Lipinski definition) is 3. The van der Waals surface area contributed by atoms with Crippen LogP contribution in [0.1, 0.15) is 0 Å². The Hall–Kier alpha value is -1.26. The van der Waals surface area contributed by atoms with Gasteiger partial charge in [-0.3, -0.25) is 4.79 Å². The van der Waals surface area contributed by atoms with Crippen molar-refractivity contribution in [2.75, 3.05) is 20.7 Å². The van der Waals surface area contributed by atoms with Gasteiger partial charge < -0.3 is 15.4 Å². The average molecular weight is 146 g/mol. The SMILES string of the molecule is CN(C)C(=O)COC(N)=O. The van der Waals surface area contributed by atoms with Gasteiger partial charge in [0.25, 0.3) is 5.91 Å². The van der Waals surface area contributed by atoms with E-state index in [1.165, 1.54) is 4.90 Å². The first kappa shape index (κ1) is 8.74. The molecule has 2 N–H and O–H groups in total. The largest absolute Gasteiger partial charge is 0.440 e. The molecule has 0 bridgehead atoms. The number of ether oxygens (including phenoxy) is 1. The van der Waals surface area contributed by atoms with E-state index >= 15 is 0 Å². The van der Waals surface area contributed by atoms with Crippen LogP contribution >= 0.6 is 0 Å². The van der Waals surface area contributed by atoms with Crippen LogP contribution in [-0.4, -0.2) is 37.6 Å². The van der Waals surface area contributed by atoms with Crippen molar-refractivity contribution >= 4 is 12.0 Å². The number of amides is 2. The van der Waals surface area contributed by atoms with Crippen molar-refractivity contribution in [1.82, 2.24) is 4.90 Å². The highest BCUT2D eigenvalue weighted by molar-refractivity contribution is 5.79. The zero-order chi connectivity index (χ0) is 8.15. The van der Waals surface area contributed by atoms with Gasteiger partial charge in [-0.25, -0.2) is 4.79 Å². The Balaban J connectivity index is 3.50. The Labute approximate surface area is 58.7 Å². The van der Waals surface area contributed by atoms with E-state index in [1.54, 1.807) is 14.1 Å². The number of primary amides is 1. The standard InChI is InChI=1S/C5H10N2O3/c1-7(2)4(8)3-10-5(6)9/h3H2,1-2H3,(H2,6,9). The fraction of sp³-hybridized carbons (Fsp3) is 0.600. The van der Waals surface area contributed by atoms with Gasteiger partial charge in [-0.05, 0) is 0 Å². The summed E-state index contributed by atoms with van der Waals surface area (Å²) in [5.41, 5.74) is 4.61. The van der Waals surface area contributed by atoms with Crippen LogP contribution in [0.3, 0.4) is 0 Å². The third-order valence-electron chi connectivity index (χ3n) is 0.837. The molecule has 0 aliphatic rings. The number of likely N-dealkylation sites (N-methyl/N-ethyl adjacent to an activating group) is 1. The van der Waals surface area contributed by atoms with Crippen LogP contribution in [0.4, 0.5) is 4.79 Å². The highest BCUT2D eigenvalue weighted by Gasteiger charge is 2.04. The second kappa shape index (κ2) is 3.71. The minimum atomic E-state index is -0.935. The number of nitrogens with two attached hydrogens (primary N) is 1. The Morgan fingerprint density at radius 2 is 2.00 bits per heavy atom. The zero-order valence-electron chi connectivity index (χ0n) is 5.96. The van der Waals surface area contributed by atoms with Gasteiger partial charge in [0.05, 0.1) is 0 Å². The second-order valence-electron chi connectivity index (χ2n) is 1.90. The Morgan fingerprint density at radius 1 is 1.50 bits per heavy atom. The molecular formula is C5H10N2O3. The van der Waals surface area contributed by atoms with Crippen LogP contribution in [-0.2, 0) is 9.53 Å². The molecular weight excluding hydrogens is 136 g/mol. The fourth-order valence-corrected chi connectivity index (χ4v) is 0.262. The first-order valence-corrected chi connectivity index (χ1v) is 2.66. The molecule has 58 valence electrons. The van der Waals surface area contributed by atoms with E-state index in [1.807, 2.05) is 0 Å². The topological polar surface area (TPSA) is 72.6 Å². The Bertz CT molecular complexity index is 144. The minimum Gasteiger partial charge on any atom is -0.440 e. The summed E-state index contributed by atoms with van der Waals surface area (Å²) in [5, 5.41) is 0. The Kier molecular flexibility index (Phi) is 3.24. The van der Waals surface area contributed by atoms with Gasteiger partial charge in [-0.1, -0.05) is 0 Å². The third-order valence-corrected chi connectivity index (χ3v) is 0.837. The maximum atomic E-state index is 10.6. The lowest BCUT2D eigenvalue weighted by atomic mass is 10.6. The van der Waals surface area contributed by atoms with E-state index in [0.29, 0.717) is 0 Å². The van der Waals surface area contributed by atoms with Gasteiger partial charge in [-0.15, -0.1) is 0 Å². The molecule has 5 heteroatoms. The summed E-state index contributed by atoms with van der Waals surface area (Å²) in [6.07, 6.45) is -0.935. The van der Waals surface area contributed by atoms with Gasteiger partial charge in [0.2, 0.25) is 0 Å². The number of hydrogen-bond donors (Lipinski definition) is 1. The van der Waals surface area contributed by atoms with Crippen molar-refractivity contribution in [2.45, 2.75) is 0 Å². The first-order valence-electron chi connectivity index (χ1n) is 2.66. The summed E-state index contributed by atoms with van der Waals surface area (Å²) in [6.45, 7) is -0.289. The quantitative estimate of drug-likeness (QED) is 0.552. The number of carbonyl (C=O) groups is 2. The summed E-state index contributed by atoms with van der Waals surface area (Å²) in [7, 11) is 3.12. The molecule has 10 heavy (non-hydrogen) atoms. The maximum absolute atomic E-state index is 10.6. The number of rotatable bonds is 2. The van der Waals surface area contributed by atoms with Gasteiger partial charge in [-0.2, -0.15) is 0 Å². The molecule has 2 amide bonds. The molecule has 0 aromatic heterocycles. The van der Waals surface area contributed by atoms with Gasteiger partial charge in [0, 0.05) is 14.1 Å². The molecule has 0 saturated carbocycles. The molecule has 0 spiro atoms. The van der Waals surface area contributed by atoms with Crippen molar-refractivity contribution in [2.24, 2.45) is 5.73 Å². The van der Waals surface area contributed by atoms with Gasteiger partial charge in [0.1, 0.15) is 0 Å². The van der Waals surface area contributed by atoms with E-state index in [9.17, 15) is 9.59 Å². The minimum absolute atomic E-state index is 0.289. The third kappa shape index (κ3) is 3.71. The van der Waals surface area contributed by atoms with Gasteiger partial charge >= 0.3 is 6.09 Å². The summed E-state index contributed by atoms with van der Waals surface area (Å²) in [4.78, 5) is 21.9. The molecule has 0 saturated heterocycles. The van der Waals surface area contributed by atoms with Crippen LogP contribution in [0.25, 0.3) is 0 Å². The average Bonchev–Trinajstić information content (AvgIpc) is 1.82. The van der Waals surface area contributed by atoms with Gasteiger partial charge in [0.15, 0.2) is 6.61 Å². The van der Waals surface area contributed by atoms with Crippen molar-refractivity contribution in [3.05, 3.63) is 0 Å². The predicted molar refractivity (Wildman–Crippen MR) is 34.2 cm³/mol. The van der Waals surface area contributed by atoms with E-state index in [0.717, 1.165) is 0 Å². The molecule has 0 rings (SSSR count). The lowest BCUT2D eigenvalue weighted by Crippen LogP contribution is -2.28. The van der Waals surface area contributed by atoms with Crippen LogP contribution in [0.2, 0.25) is 0 Å². The molecule has 0 radical (unpaired) electrons. The maximum Gasteiger partial charge on any atom is 0.405 e. The van der Waals surface area contributed by atoms with Crippen molar-refractivity contribution in [3.63, 3.8) is 0 Å². The molecule has 0 fully saturated rings.